The molecule has 98 valence electrons. The zero-order chi connectivity index (χ0) is 12.1. The van der Waals surface area contributed by atoms with E-state index in [2.05, 4.69) is 18.4 Å². The second kappa shape index (κ2) is 6.53. The highest BCUT2D eigenvalue weighted by molar-refractivity contribution is 4.93. The van der Waals surface area contributed by atoms with Crippen LogP contribution in [0.15, 0.2) is 12.2 Å². The molecule has 2 fully saturated rings. The second-order valence-electron chi connectivity index (χ2n) is 5.42. The predicted octanol–water partition coefficient (Wildman–Crippen LogP) is 2.22. The van der Waals surface area contributed by atoms with Crippen molar-refractivity contribution in [3.63, 3.8) is 0 Å². The van der Waals surface area contributed by atoms with Gasteiger partial charge in [-0.1, -0.05) is 12.2 Å². The summed E-state index contributed by atoms with van der Waals surface area (Å²) in [6.45, 7) is 11.0. The van der Waals surface area contributed by atoms with Crippen LogP contribution in [-0.4, -0.2) is 50.0 Å². The van der Waals surface area contributed by atoms with Gasteiger partial charge in [-0.15, -0.1) is 0 Å². The van der Waals surface area contributed by atoms with Crippen molar-refractivity contribution in [2.24, 2.45) is 0 Å². The number of hydrogen-bond acceptors (Lipinski definition) is 3. The first kappa shape index (κ1) is 13.1. The zero-order valence-corrected chi connectivity index (χ0v) is 11.0. The third kappa shape index (κ3) is 4.41. The Morgan fingerprint density at radius 1 is 1.12 bits per heavy atom. The van der Waals surface area contributed by atoms with Crippen molar-refractivity contribution < 1.29 is 9.47 Å². The highest BCUT2D eigenvalue weighted by Crippen LogP contribution is 2.17. The number of hydrogen-bond donors (Lipinski definition) is 0. The molecule has 0 saturated carbocycles. The van der Waals surface area contributed by atoms with Crippen LogP contribution in [-0.2, 0) is 9.47 Å². The monoisotopic (exact) mass is 239 g/mol. The van der Waals surface area contributed by atoms with Gasteiger partial charge in [-0.2, -0.15) is 0 Å². The summed E-state index contributed by atoms with van der Waals surface area (Å²) in [4.78, 5) is 2.45. The van der Waals surface area contributed by atoms with E-state index in [9.17, 15) is 0 Å². The quantitative estimate of drug-likeness (QED) is 0.663. The Bertz CT molecular complexity index is 225. The van der Waals surface area contributed by atoms with Crippen molar-refractivity contribution >= 4 is 0 Å². The Labute approximate surface area is 105 Å². The van der Waals surface area contributed by atoms with Gasteiger partial charge in [-0.3, -0.25) is 4.90 Å². The van der Waals surface area contributed by atoms with Crippen molar-refractivity contribution in [3.05, 3.63) is 12.2 Å². The van der Waals surface area contributed by atoms with E-state index in [1.54, 1.807) is 0 Å². The van der Waals surface area contributed by atoms with Crippen molar-refractivity contribution in [1.82, 2.24) is 4.90 Å². The van der Waals surface area contributed by atoms with Crippen molar-refractivity contribution in [1.29, 1.82) is 0 Å². The van der Waals surface area contributed by atoms with E-state index in [0.29, 0.717) is 12.2 Å². The first-order valence-corrected chi connectivity index (χ1v) is 6.84. The molecule has 17 heavy (non-hydrogen) atoms. The van der Waals surface area contributed by atoms with E-state index in [4.69, 9.17) is 9.47 Å². The molecule has 0 aliphatic carbocycles. The molecule has 0 N–H and O–H groups in total. The lowest BCUT2D eigenvalue weighted by atomic mass is 10.2. The van der Waals surface area contributed by atoms with Gasteiger partial charge in [0.1, 0.15) is 0 Å². The van der Waals surface area contributed by atoms with E-state index in [1.807, 2.05) is 0 Å². The van der Waals surface area contributed by atoms with Gasteiger partial charge in [0.2, 0.25) is 0 Å². The van der Waals surface area contributed by atoms with Crippen molar-refractivity contribution in [3.8, 4) is 0 Å². The van der Waals surface area contributed by atoms with Gasteiger partial charge in [-0.25, -0.2) is 0 Å². The summed E-state index contributed by atoms with van der Waals surface area (Å²) in [5.41, 5.74) is 1.22. The first-order chi connectivity index (χ1) is 8.24. The predicted molar refractivity (Wildman–Crippen MR) is 69.2 cm³/mol. The number of rotatable bonds is 6. The third-order valence-electron chi connectivity index (χ3n) is 3.47. The van der Waals surface area contributed by atoms with Crippen LogP contribution in [0.5, 0.6) is 0 Å². The molecule has 2 rings (SSSR count). The number of nitrogens with zero attached hydrogens (tertiary/aromatic N) is 1. The van der Waals surface area contributed by atoms with Crippen molar-refractivity contribution in [2.75, 3.05) is 32.8 Å². The fourth-order valence-electron chi connectivity index (χ4n) is 2.74. The molecule has 0 aromatic rings. The molecule has 2 aliphatic heterocycles. The number of ether oxygens (including phenoxy) is 2. The van der Waals surface area contributed by atoms with Crippen LogP contribution in [0.4, 0.5) is 0 Å². The van der Waals surface area contributed by atoms with Crippen LogP contribution in [0.3, 0.4) is 0 Å². The Balaban J connectivity index is 1.80. The summed E-state index contributed by atoms with van der Waals surface area (Å²) in [5, 5.41) is 0. The molecule has 0 aromatic heterocycles. The Kier molecular flexibility index (Phi) is 5.01. The topological polar surface area (TPSA) is 21.7 Å². The Hall–Kier alpha value is -0.380. The SMILES string of the molecule is C=C(C)CN(CC1CCCO1)CC1CCCO1. The van der Waals surface area contributed by atoms with Gasteiger partial charge in [0.15, 0.2) is 0 Å². The first-order valence-electron chi connectivity index (χ1n) is 6.84. The molecule has 3 nitrogen and oxygen atoms in total. The maximum Gasteiger partial charge on any atom is 0.0702 e. The standard InChI is InChI=1S/C14H25NO2/c1-12(2)9-15(10-13-5-3-7-16-13)11-14-6-4-8-17-14/h13-14H,1,3-11H2,2H3. The minimum atomic E-state index is 0.427. The van der Waals surface area contributed by atoms with Crippen LogP contribution in [0.1, 0.15) is 32.6 Å². The lowest BCUT2D eigenvalue weighted by Crippen LogP contribution is -2.38. The molecule has 0 spiro atoms. The van der Waals surface area contributed by atoms with Crippen LogP contribution < -0.4 is 0 Å². The molecular weight excluding hydrogens is 214 g/mol. The van der Waals surface area contributed by atoms with Crippen molar-refractivity contribution in [2.45, 2.75) is 44.8 Å². The van der Waals surface area contributed by atoms with Gasteiger partial charge in [-0.05, 0) is 32.6 Å². The molecule has 0 amide bonds. The second-order valence-corrected chi connectivity index (χ2v) is 5.42. The molecule has 2 saturated heterocycles. The van der Waals surface area contributed by atoms with Crippen LogP contribution in [0, 0.1) is 0 Å². The molecule has 0 radical (unpaired) electrons. The summed E-state index contributed by atoms with van der Waals surface area (Å²) in [7, 11) is 0. The van der Waals surface area contributed by atoms with E-state index in [-0.39, 0.29) is 0 Å². The van der Waals surface area contributed by atoms with Gasteiger partial charge < -0.3 is 9.47 Å². The molecule has 0 aromatic carbocycles. The van der Waals surface area contributed by atoms with E-state index < -0.39 is 0 Å². The highest BCUT2D eigenvalue weighted by Gasteiger charge is 2.23. The minimum absolute atomic E-state index is 0.427. The molecule has 2 heterocycles. The largest absolute Gasteiger partial charge is 0.377 e. The maximum atomic E-state index is 5.72. The summed E-state index contributed by atoms with van der Waals surface area (Å²) in [6.07, 6.45) is 5.69. The maximum absolute atomic E-state index is 5.72. The van der Waals surface area contributed by atoms with Gasteiger partial charge in [0.25, 0.3) is 0 Å². The summed E-state index contributed by atoms with van der Waals surface area (Å²) < 4.78 is 11.4. The summed E-state index contributed by atoms with van der Waals surface area (Å²) in [6, 6.07) is 0. The van der Waals surface area contributed by atoms with Crippen LogP contribution >= 0.6 is 0 Å². The molecule has 0 bridgehead atoms. The third-order valence-corrected chi connectivity index (χ3v) is 3.47. The van der Waals surface area contributed by atoms with Gasteiger partial charge >= 0.3 is 0 Å². The smallest absolute Gasteiger partial charge is 0.0702 e. The fourth-order valence-corrected chi connectivity index (χ4v) is 2.74. The lowest BCUT2D eigenvalue weighted by Gasteiger charge is -2.27. The lowest BCUT2D eigenvalue weighted by molar-refractivity contribution is 0.0412. The zero-order valence-electron chi connectivity index (χ0n) is 11.0. The summed E-state index contributed by atoms with van der Waals surface area (Å²) >= 11 is 0. The summed E-state index contributed by atoms with van der Waals surface area (Å²) in [5.74, 6) is 0. The van der Waals surface area contributed by atoms with E-state index >= 15 is 0 Å². The Morgan fingerprint density at radius 3 is 2.00 bits per heavy atom. The van der Waals surface area contributed by atoms with E-state index in [1.165, 1.54) is 31.3 Å². The molecule has 2 aliphatic rings. The molecular formula is C14H25NO2. The average molecular weight is 239 g/mol. The molecule has 2 atom stereocenters. The van der Waals surface area contributed by atoms with Gasteiger partial charge in [0, 0.05) is 32.8 Å². The highest BCUT2D eigenvalue weighted by atomic mass is 16.5. The van der Waals surface area contributed by atoms with E-state index in [0.717, 1.165) is 32.8 Å². The van der Waals surface area contributed by atoms with Crippen LogP contribution in [0.25, 0.3) is 0 Å². The van der Waals surface area contributed by atoms with Gasteiger partial charge in [0.05, 0.1) is 12.2 Å². The fraction of sp³-hybridized carbons (Fsp3) is 0.857. The normalized spacial score (nSPS) is 29.1. The minimum Gasteiger partial charge on any atom is -0.377 e. The Morgan fingerprint density at radius 2 is 1.65 bits per heavy atom. The average Bonchev–Trinajstić information content (AvgIpc) is 2.89. The molecule has 2 unspecified atom stereocenters. The molecule has 3 heteroatoms. The van der Waals surface area contributed by atoms with Crippen LogP contribution in [0.2, 0.25) is 0 Å².